The minimum Gasteiger partial charge on any atom is -0.598 e. The third-order valence-electron chi connectivity index (χ3n) is 6.03. The topological polar surface area (TPSA) is 74.0 Å². The summed E-state index contributed by atoms with van der Waals surface area (Å²) in [5, 5.41) is 5.55. The maximum Gasteiger partial charge on any atom is 0.170 e. The lowest BCUT2D eigenvalue weighted by Crippen LogP contribution is -2.43. The number of rotatable bonds is 7. The second-order valence-corrected chi connectivity index (χ2v) is 18.9. The standard InChI is InChI=1S/C27H30BrF2N3O2SSi/c1-27(2,3)36(34)33-20(14-21-25(30)23(37(4,5)6)15-24(28)31-21)17-9-7-8-10-18(17)26-19-12-11-16(29)13-22(19)35-32-26/h7-13,15,20,33H,14H2,1-6H3/t20-,36?/m0/s1. The molecular weight excluding hydrogens is 576 g/mol. The van der Waals surface area contributed by atoms with Gasteiger partial charge in [-0.1, -0.05) is 49.1 Å². The van der Waals surface area contributed by atoms with Crippen LogP contribution in [0.15, 0.2) is 57.7 Å². The zero-order valence-electron chi connectivity index (χ0n) is 21.7. The second-order valence-electron chi connectivity index (χ2n) is 11.0. The van der Waals surface area contributed by atoms with Gasteiger partial charge in [-0.25, -0.2) is 13.8 Å². The van der Waals surface area contributed by atoms with E-state index in [0.29, 0.717) is 26.5 Å². The molecule has 0 bridgehead atoms. The van der Waals surface area contributed by atoms with Gasteiger partial charge >= 0.3 is 0 Å². The van der Waals surface area contributed by atoms with Gasteiger partial charge in [0.2, 0.25) is 0 Å². The van der Waals surface area contributed by atoms with Gasteiger partial charge in [0, 0.05) is 34.8 Å². The highest BCUT2D eigenvalue weighted by Gasteiger charge is 2.33. The molecule has 0 saturated carbocycles. The van der Waals surface area contributed by atoms with E-state index in [9.17, 15) is 8.94 Å². The van der Waals surface area contributed by atoms with Gasteiger partial charge in [0.25, 0.3) is 0 Å². The van der Waals surface area contributed by atoms with Crippen molar-refractivity contribution in [1.29, 1.82) is 0 Å². The van der Waals surface area contributed by atoms with Gasteiger partial charge in [-0.15, -0.1) is 4.72 Å². The Morgan fingerprint density at radius 1 is 1.11 bits per heavy atom. The molecule has 4 aromatic rings. The Hall–Kier alpha value is -2.11. The minimum atomic E-state index is -2.00. The monoisotopic (exact) mass is 605 g/mol. The van der Waals surface area contributed by atoms with Crippen molar-refractivity contribution in [2.24, 2.45) is 0 Å². The normalized spacial score (nSPS) is 14.2. The highest BCUT2D eigenvalue weighted by atomic mass is 79.9. The van der Waals surface area contributed by atoms with E-state index >= 15 is 4.39 Å². The first-order chi connectivity index (χ1) is 17.3. The molecule has 1 N–H and O–H groups in total. The third kappa shape index (κ3) is 6.14. The molecule has 0 amide bonds. The number of nitrogens with one attached hydrogen (secondary N) is 1. The summed E-state index contributed by atoms with van der Waals surface area (Å²) in [4.78, 5) is 4.48. The Balaban J connectivity index is 1.86. The van der Waals surface area contributed by atoms with E-state index in [1.807, 2.05) is 45.0 Å². The molecule has 0 fully saturated rings. The number of hydrogen-bond donors (Lipinski definition) is 1. The van der Waals surface area contributed by atoms with Crippen LogP contribution in [-0.2, 0) is 17.8 Å². The lowest BCUT2D eigenvalue weighted by molar-refractivity contribution is 0.457. The Labute approximate surface area is 228 Å². The molecule has 0 radical (unpaired) electrons. The van der Waals surface area contributed by atoms with Crippen molar-refractivity contribution < 1.29 is 17.9 Å². The molecule has 0 aliphatic carbocycles. The van der Waals surface area contributed by atoms with Gasteiger partial charge in [-0.3, -0.25) is 0 Å². The predicted octanol–water partition coefficient (Wildman–Crippen LogP) is 6.81. The predicted molar refractivity (Wildman–Crippen MR) is 152 cm³/mol. The van der Waals surface area contributed by atoms with Gasteiger partial charge in [0.1, 0.15) is 26.7 Å². The van der Waals surface area contributed by atoms with Crippen LogP contribution in [0.4, 0.5) is 8.78 Å². The molecule has 2 heterocycles. The van der Waals surface area contributed by atoms with Crippen molar-refractivity contribution in [2.45, 2.75) is 57.6 Å². The lowest BCUT2D eigenvalue weighted by atomic mass is 9.94. The molecule has 0 aliphatic heterocycles. The zero-order valence-corrected chi connectivity index (χ0v) is 25.1. The van der Waals surface area contributed by atoms with Crippen molar-refractivity contribution in [2.75, 3.05) is 0 Å². The zero-order chi connectivity index (χ0) is 27.1. The van der Waals surface area contributed by atoms with Crippen LogP contribution in [0.25, 0.3) is 22.2 Å². The van der Waals surface area contributed by atoms with Crippen molar-refractivity contribution in [1.82, 2.24) is 14.9 Å². The van der Waals surface area contributed by atoms with E-state index in [2.05, 4.69) is 50.4 Å². The average Bonchev–Trinajstić information content (AvgIpc) is 3.22. The first-order valence-electron chi connectivity index (χ1n) is 11.9. The molecule has 196 valence electrons. The molecule has 0 aliphatic rings. The fraction of sp³-hybridized carbons (Fsp3) is 0.333. The first-order valence-corrected chi connectivity index (χ1v) is 17.4. The highest BCUT2D eigenvalue weighted by Crippen LogP contribution is 2.35. The molecule has 0 saturated heterocycles. The molecule has 2 atom stereocenters. The molecule has 4 rings (SSSR count). The maximum absolute atomic E-state index is 15.8. The Morgan fingerprint density at radius 3 is 2.49 bits per heavy atom. The molecule has 0 spiro atoms. The third-order valence-corrected chi connectivity index (χ3v) is 10.0. The van der Waals surface area contributed by atoms with Crippen LogP contribution in [0.1, 0.15) is 38.1 Å². The number of aromatic nitrogens is 2. The van der Waals surface area contributed by atoms with Crippen molar-refractivity contribution in [3.8, 4) is 11.3 Å². The smallest absolute Gasteiger partial charge is 0.170 e. The average molecular weight is 607 g/mol. The number of benzene rings is 2. The number of halogens is 3. The van der Waals surface area contributed by atoms with Gasteiger partial charge in [0.05, 0.1) is 19.8 Å². The second kappa shape index (κ2) is 10.6. The van der Waals surface area contributed by atoms with E-state index in [4.69, 9.17) is 4.52 Å². The largest absolute Gasteiger partial charge is 0.598 e. The lowest BCUT2D eigenvalue weighted by Gasteiger charge is -2.29. The number of fused-ring (bicyclic) bond motifs is 1. The Kier molecular flexibility index (Phi) is 7.97. The quantitative estimate of drug-likeness (QED) is 0.142. The SMILES string of the molecule is CC(C)(C)[S+]([O-])N[C@@H](Cc1nc(Br)cc([Si](C)(C)C)c1F)c1ccccc1-c1noc2cc(F)ccc12. The summed E-state index contributed by atoms with van der Waals surface area (Å²) in [6.45, 7) is 11.9. The summed E-state index contributed by atoms with van der Waals surface area (Å²) in [7, 11) is -2.00. The van der Waals surface area contributed by atoms with Gasteiger partial charge in [-0.05, 0) is 65.7 Å². The van der Waals surface area contributed by atoms with Crippen LogP contribution in [0, 0.1) is 11.6 Å². The summed E-state index contributed by atoms with van der Waals surface area (Å²) in [6.07, 6.45) is 0.159. The molecule has 5 nitrogen and oxygen atoms in total. The fourth-order valence-corrected chi connectivity index (χ4v) is 6.91. The summed E-state index contributed by atoms with van der Waals surface area (Å²) >= 11 is 2.00. The summed E-state index contributed by atoms with van der Waals surface area (Å²) in [5.41, 5.74) is 2.63. The maximum atomic E-state index is 15.8. The van der Waals surface area contributed by atoms with E-state index in [0.717, 1.165) is 11.1 Å². The number of hydrogen-bond acceptors (Lipinski definition) is 5. The molecule has 1 unspecified atom stereocenters. The van der Waals surface area contributed by atoms with Crippen LogP contribution in [0.5, 0.6) is 0 Å². The molecule has 2 aromatic carbocycles. The van der Waals surface area contributed by atoms with Crippen LogP contribution in [0.2, 0.25) is 19.6 Å². The summed E-state index contributed by atoms with van der Waals surface area (Å²) in [5.74, 6) is -0.742. The summed E-state index contributed by atoms with van der Waals surface area (Å²) < 4.78 is 51.5. The minimum absolute atomic E-state index is 0.159. The molecular formula is C27H30BrF2N3O2SSi. The van der Waals surface area contributed by atoms with Crippen molar-refractivity contribution in [3.05, 3.63) is 76.0 Å². The first kappa shape index (κ1) is 27.9. The number of pyridine rings is 1. The van der Waals surface area contributed by atoms with Gasteiger partial charge < -0.3 is 9.08 Å². The van der Waals surface area contributed by atoms with E-state index < -0.39 is 36.0 Å². The van der Waals surface area contributed by atoms with E-state index in [1.165, 1.54) is 12.1 Å². The van der Waals surface area contributed by atoms with Crippen LogP contribution in [-0.4, -0.2) is 27.5 Å². The summed E-state index contributed by atoms with van der Waals surface area (Å²) in [6, 6.07) is 13.0. The van der Waals surface area contributed by atoms with Gasteiger partial charge in [-0.2, -0.15) is 0 Å². The fourth-order valence-electron chi connectivity index (χ4n) is 4.07. The van der Waals surface area contributed by atoms with E-state index in [1.54, 1.807) is 12.1 Å². The van der Waals surface area contributed by atoms with Crippen molar-refractivity contribution >= 4 is 51.5 Å². The van der Waals surface area contributed by atoms with Crippen molar-refractivity contribution in [3.63, 3.8) is 0 Å². The van der Waals surface area contributed by atoms with Gasteiger partial charge in [0.15, 0.2) is 5.58 Å². The van der Waals surface area contributed by atoms with E-state index in [-0.39, 0.29) is 17.9 Å². The van der Waals surface area contributed by atoms with Crippen LogP contribution >= 0.6 is 15.9 Å². The highest BCUT2D eigenvalue weighted by molar-refractivity contribution is 9.10. The molecule has 2 aromatic heterocycles. The molecule has 37 heavy (non-hydrogen) atoms. The number of nitrogens with zero attached hydrogens (tertiary/aromatic N) is 2. The van der Waals surface area contributed by atoms with Crippen LogP contribution < -0.4 is 9.91 Å². The van der Waals surface area contributed by atoms with Crippen LogP contribution in [0.3, 0.4) is 0 Å². The molecule has 10 heteroatoms. The Bertz CT molecular complexity index is 1440. The Morgan fingerprint density at radius 2 is 1.81 bits per heavy atom.